The van der Waals surface area contributed by atoms with Crippen molar-refractivity contribution in [3.05, 3.63) is 35.9 Å². The Morgan fingerprint density at radius 2 is 2.28 bits per heavy atom. The van der Waals surface area contributed by atoms with Crippen molar-refractivity contribution in [2.45, 2.75) is 25.8 Å². The number of aromatic nitrogens is 3. The molecule has 92 valence electrons. The fourth-order valence-electron chi connectivity index (χ4n) is 2.46. The molecule has 1 amide bonds. The van der Waals surface area contributed by atoms with Crippen LogP contribution in [0.3, 0.4) is 0 Å². The van der Waals surface area contributed by atoms with E-state index >= 15 is 0 Å². The molecule has 2 aromatic heterocycles. The van der Waals surface area contributed by atoms with Crippen molar-refractivity contribution in [3.8, 4) is 11.4 Å². The Bertz CT molecular complexity index is 589. The van der Waals surface area contributed by atoms with Gasteiger partial charge in [0.2, 0.25) is 0 Å². The molecule has 2 aromatic rings. The fraction of sp³-hybridized carbons (Fsp3) is 0.308. The van der Waals surface area contributed by atoms with E-state index in [1.165, 1.54) is 0 Å². The molecule has 0 aromatic carbocycles. The second-order valence-electron chi connectivity index (χ2n) is 4.45. The largest absolute Gasteiger partial charge is 0.364 e. The van der Waals surface area contributed by atoms with Crippen molar-refractivity contribution in [2.24, 2.45) is 5.73 Å². The highest BCUT2D eigenvalue weighted by Crippen LogP contribution is 2.26. The molecule has 5 heteroatoms. The molecule has 0 saturated heterocycles. The summed E-state index contributed by atoms with van der Waals surface area (Å²) in [7, 11) is 0. The van der Waals surface area contributed by atoms with Crippen LogP contribution in [-0.4, -0.2) is 20.4 Å². The van der Waals surface area contributed by atoms with Crippen molar-refractivity contribution < 1.29 is 4.79 Å². The van der Waals surface area contributed by atoms with Crippen molar-refractivity contribution in [1.29, 1.82) is 0 Å². The summed E-state index contributed by atoms with van der Waals surface area (Å²) in [6.07, 6.45) is 6.53. The molecule has 0 atom stereocenters. The van der Waals surface area contributed by atoms with Gasteiger partial charge in [-0.25, -0.2) is 4.98 Å². The highest BCUT2D eigenvalue weighted by molar-refractivity contribution is 5.93. The van der Waals surface area contributed by atoms with Gasteiger partial charge in [0.1, 0.15) is 11.5 Å². The van der Waals surface area contributed by atoms with Gasteiger partial charge in [-0.3, -0.25) is 9.78 Å². The van der Waals surface area contributed by atoms with Gasteiger partial charge in [-0.2, -0.15) is 0 Å². The monoisotopic (exact) mass is 242 g/mol. The molecular formula is C13H14N4O. The zero-order valence-corrected chi connectivity index (χ0v) is 9.97. The smallest absolute Gasteiger partial charge is 0.269 e. The molecule has 0 radical (unpaired) electrons. The van der Waals surface area contributed by atoms with E-state index in [4.69, 9.17) is 5.73 Å². The topological polar surface area (TPSA) is 73.8 Å². The molecule has 0 fully saturated rings. The van der Waals surface area contributed by atoms with Crippen molar-refractivity contribution >= 4 is 5.91 Å². The highest BCUT2D eigenvalue weighted by Gasteiger charge is 2.23. The number of hydrogen-bond donors (Lipinski definition) is 1. The van der Waals surface area contributed by atoms with Crippen LogP contribution in [0.5, 0.6) is 0 Å². The van der Waals surface area contributed by atoms with Crippen molar-refractivity contribution in [1.82, 2.24) is 14.5 Å². The van der Waals surface area contributed by atoms with Gasteiger partial charge in [0, 0.05) is 24.5 Å². The lowest BCUT2D eigenvalue weighted by molar-refractivity contribution is 0.0994. The summed E-state index contributed by atoms with van der Waals surface area (Å²) in [5.41, 5.74) is 7.70. The normalized spacial score (nSPS) is 14.2. The lowest BCUT2D eigenvalue weighted by atomic mass is 10.1. The number of amides is 1. The summed E-state index contributed by atoms with van der Waals surface area (Å²) in [5.74, 6) is 0.349. The van der Waals surface area contributed by atoms with E-state index in [-0.39, 0.29) is 0 Å². The van der Waals surface area contributed by atoms with Crippen LogP contribution in [0.4, 0.5) is 0 Å². The number of carbonyl (C=O) groups is 1. The molecule has 0 unspecified atom stereocenters. The van der Waals surface area contributed by atoms with Gasteiger partial charge in [-0.15, -0.1) is 0 Å². The molecule has 2 N–H and O–H groups in total. The minimum absolute atomic E-state index is 0.411. The van der Waals surface area contributed by atoms with Gasteiger partial charge >= 0.3 is 0 Å². The van der Waals surface area contributed by atoms with Crippen molar-refractivity contribution in [2.75, 3.05) is 0 Å². The average molecular weight is 242 g/mol. The maximum atomic E-state index is 11.4. The second-order valence-corrected chi connectivity index (χ2v) is 4.45. The predicted octanol–water partition coefficient (Wildman–Crippen LogP) is 1.38. The Balaban J connectivity index is 2.18. The SMILES string of the molecule is NC(=O)c1nc(-c2cccnc2)n2c1CCCC2. The van der Waals surface area contributed by atoms with Gasteiger partial charge in [0.05, 0.1) is 5.69 Å². The Kier molecular flexibility index (Phi) is 2.59. The maximum Gasteiger partial charge on any atom is 0.269 e. The third-order valence-corrected chi connectivity index (χ3v) is 3.27. The standard InChI is InChI=1S/C13H14N4O/c14-12(18)11-10-5-1-2-7-17(10)13(16-11)9-4-3-6-15-8-9/h3-4,6,8H,1-2,5,7H2,(H2,14,18). The lowest BCUT2D eigenvalue weighted by Gasteiger charge is -2.16. The van der Waals surface area contributed by atoms with Crippen LogP contribution in [0.1, 0.15) is 29.0 Å². The lowest BCUT2D eigenvalue weighted by Crippen LogP contribution is -2.17. The van der Waals surface area contributed by atoms with Crippen LogP contribution in [-0.2, 0) is 13.0 Å². The summed E-state index contributed by atoms with van der Waals surface area (Å²) >= 11 is 0. The van der Waals surface area contributed by atoms with Crippen LogP contribution in [0.25, 0.3) is 11.4 Å². The number of carbonyl (C=O) groups excluding carboxylic acids is 1. The van der Waals surface area contributed by atoms with Crippen LogP contribution >= 0.6 is 0 Å². The maximum absolute atomic E-state index is 11.4. The van der Waals surface area contributed by atoms with Gasteiger partial charge in [0.25, 0.3) is 5.91 Å². The summed E-state index contributed by atoms with van der Waals surface area (Å²) in [5, 5.41) is 0. The predicted molar refractivity (Wildman–Crippen MR) is 66.9 cm³/mol. The first kappa shape index (κ1) is 11.0. The third-order valence-electron chi connectivity index (χ3n) is 3.27. The second kappa shape index (κ2) is 4.25. The number of nitrogens with zero attached hydrogens (tertiary/aromatic N) is 3. The molecule has 3 rings (SSSR count). The first-order valence-corrected chi connectivity index (χ1v) is 6.07. The molecule has 1 aliphatic rings. The Morgan fingerprint density at radius 1 is 1.39 bits per heavy atom. The summed E-state index contributed by atoms with van der Waals surface area (Å²) < 4.78 is 2.10. The number of imidazole rings is 1. The number of hydrogen-bond acceptors (Lipinski definition) is 3. The van der Waals surface area contributed by atoms with E-state index in [9.17, 15) is 4.79 Å². The minimum Gasteiger partial charge on any atom is -0.364 e. The summed E-state index contributed by atoms with van der Waals surface area (Å²) in [6, 6.07) is 3.81. The van der Waals surface area contributed by atoms with Crippen molar-refractivity contribution in [3.63, 3.8) is 0 Å². The number of fused-ring (bicyclic) bond motifs is 1. The zero-order valence-electron chi connectivity index (χ0n) is 9.97. The van der Waals surface area contributed by atoms with E-state index in [1.807, 2.05) is 12.1 Å². The number of pyridine rings is 1. The Labute approximate surface area is 105 Å². The van der Waals surface area contributed by atoms with Gasteiger partial charge in [-0.1, -0.05) is 0 Å². The number of nitrogens with two attached hydrogens (primary N) is 1. The molecule has 0 saturated carbocycles. The van der Waals surface area contributed by atoms with Gasteiger partial charge in [-0.05, 0) is 31.4 Å². The third kappa shape index (κ3) is 1.68. The summed E-state index contributed by atoms with van der Waals surface area (Å²) in [6.45, 7) is 0.889. The Hall–Kier alpha value is -2.17. The molecule has 1 aliphatic heterocycles. The molecule has 5 nitrogen and oxygen atoms in total. The van der Waals surface area contributed by atoms with Crippen LogP contribution in [0, 0.1) is 0 Å². The number of primary amides is 1. The van der Waals surface area contributed by atoms with Crippen LogP contribution in [0.15, 0.2) is 24.5 Å². The first-order chi connectivity index (χ1) is 8.77. The van der Waals surface area contributed by atoms with E-state index in [2.05, 4.69) is 14.5 Å². The minimum atomic E-state index is -0.448. The quantitative estimate of drug-likeness (QED) is 0.864. The number of rotatable bonds is 2. The van der Waals surface area contributed by atoms with E-state index < -0.39 is 5.91 Å². The first-order valence-electron chi connectivity index (χ1n) is 6.07. The van der Waals surface area contributed by atoms with E-state index in [0.29, 0.717) is 5.69 Å². The van der Waals surface area contributed by atoms with Gasteiger partial charge < -0.3 is 10.3 Å². The highest BCUT2D eigenvalue weighted by atomic mass is 16.1. The van der Waals surface area contributed by atoms with E-state index in [0.717, 1.165) is 42.9 Å². The Morgan fingerprint density at radius 3 is 3.00 bits per heavy atom. The molecular weight excluding hydrogens is 228 g/mol. The molecule has 18 heavy (non-hydrogen) atoms. The zero-order chi connectivity index (χ0) is 12.5. The fourth-order valence-corrected chi connectivity index (χ4v) is 2.46. The van der Waals surface area contributed by atoms with E-state index in [1.54, 1.807) is 12.4 Å². The summed E-state index contributed by atoms with van der Waals surface area (Å²) in [4.78, 5) is 20.0. The molecule has 0 spiro atoms. The average Bonchev–Trinajstić information content (AvgIpc) is 2.79. The van der Waals surface area contributed by atoms with Crippen LogP contribution < -0.4 is 5.73 Å². The van der Waals surface area contributed by atoms with Gasteiger partial charge in [0.15, 0.2) is 0 Å². The molecule has 0 aliphatic carbocycles. The van der Waals surface area contributed by atoms with Crippen LogP contribution in [0.2, 0.25) is 0 Å². The molecule has 0 bridgehead atoms. The molecule has 3 heterocycles.